The molecule has 5 rings (SSSR count). The van der Waals surface area contributed by atoms with Gasteiger partial charge in [0.15, 0.2) is 11.5 Å². The second-order valence-electron chi connectivity index (χ2n) is 7.95. The van der Waals surface area contributed by atoms with Crippen molar-refractivity contribution in [3.8, 4) is 11.5 Å². The van der Waals surface area contributed by atoms with Crippen LogP contribution in [-0.2, 0) is 12.8 Å². The van der Waals surface area contributed by atoms with E-state index in [1.807, 2.05) is 0 Å². The molecule has 3 aliphatic rings. The van der Waals surface area contributed by atoms with Crippen molar-refractivity contribution in [2.75, 3.05) is 6.79 Å². The molecule has 26 heavy (non-hydrogen) atoms. The fraction of sp³-hybridized carbons (Fsp3) is 0.304. The van der Waals surface area contributed by atoms with Crippen LogP contribution in [0.15, 0.2) is 46.0 Å². The predicted octanol–water partition coefficient (Wildman–Crippen LogP) is 6.17. The summed E-state index contributed by atoms with van der Waals surface area (Å²) in [6.45, 7) is 7.28. The van der Waals surface area contributed by atoms with Crippen LogP contribution in [0.5, 0.6) is 11.5 Å². The minimum absolute atomic E-state index is 0.0263. The first kappa shape index (κ1) is 16.2. The average molecular weight is 409 g/mol. The van der Waals surface area contributed by atoms with E-state index in [4.69, 9.17) is 9.47 Å². The van der Waals surface area contributed by atoms with Crippen LogP contribution in [0.25, 0.3) is 11.6 Å². The molecule has 0 unspecified atom stereocenters. The Balaban J connectivity index is 1.62. The van der Waals surface area contributed by atoms with Crippen LogP contribution < -0.4 is 9.47 Å². The topological polar surface area (TPSA) is 18.5 Å². The van der Waals surface area contributed by atoms with E-state index in [1.165, 1.54) is 39.0 Å². The number of hydrogen-bond acceptors (Lipinski definition) is 2. The van der Waals surface area contributed by atoms with Gasteiger partial charge in [0.2, 0.25) is 6.79 Å². The monoisotopic (exact) mass is 408 g/mol. The van der Waals surface area contributed by atoms with Crippen molar-refractivity contribution in [3.05, 3.63) is 68.2 Å². The van der Waals surface area contributed by atoms with Crippen molar-refractivity contribution >= 4 is 27.6 Å². The Morgan fingerprint density at radius 2 is 1.88 bits per heavy atom. The van der Waals surface area contributed by atoms with Gasteiger partial charge in [-0.15, -0.1) is 0 Å². The van der Waals surface area contributed by atoms with Crippen molar-refractivity contribution in [2.45, 2.75) is 33.6 Å². The second-order valence-corrected chi connectivity index (χ2v) is 8.75. The van der Waals surface area contributed by atoms with Gasteiger partial charge < -0.3 is 9.47 Å². The van der Waals surface area contributed by atoms with Crippen molar-refractivity contribution in [1.82, 2.24) is 0 Å². The molecule has 0 amide bonds. The molecule has 2 nitrogen and oxygen atoms in total. The largest absolute Gasteiger partial charge is 0.454 e. The van der Waals surface area contributed by atoms with Crippen LogP contribution in [0.3, 0.4) is 0 Å². The SMILES string of the molecule is CC1=C(C(C)(C)C2=Cc3ccccc3C2)c2cc3c(c(Br)c2C1)OCO3. The second kappa shape index (κ2) is 5.50. The highest BCUT2D eigenvalue weighted by Gasteiger charge is 2.38. The molecule has 0 aromatic heterocycles. The third-order valence-corrected chi connectivity index (χ3v) is 6.88. The molecule has 2 aromatic rings. The van der Waals surface area contributed by atoms with Gasteiger partial charge in [0.1, 0.15) is 0 Å². The van der Waals surface area contributed by atoms with E-state index in [-0.39, 0.29) is 5.41 Å². The summed E-state index contributed by atoms with van der Waals surface area (Å²) in [5.74, 6) is 1.70. The lowest BCUT2D eigenvalue weighted by molar-refractivity contribution is 0.173. The molecule has 1 aliphatic heterocycles. The summed E-state index contributed by atoms with van der Waals surface area (Å²) in [5.41, 5.74) is 9.75. The normalized spacial score (nSPS) is 17.5. The summed E-state index contributed by atoms with van der Waals surface area (Å²) in [5, 5.41) is 0. The standard InChI is InChI=1S/C23H21BrO2/c1-13-8-18-17(11-19-22(21(18)24)26-12-25-19)20(13)23(2,3)16-9-14-6-4-5-7-15(14)10-16/h4-7,9,11H,8,10,12H2,1-3H3. The highest BCUT2D eigenvalue weighted by molar-refractivity contribution is 9.10. The first-order valence-corrected chi connectivity index (χ1v) is 9.86. The maximum Gasteiger partial charge on any atom is 0.231 e. The van der Waals surface area contributed by atoms with Crippen molar-refractivity contribution in [2.24, 2.45) is 5.41 Å². The van der Waals surface area contributed by atoms with Gasteiger partial charge in [-0.3, -0.25) is 0 Å². The molecule has 2 aromatic carbocycles. The lowest BCUT2D eigenvalue weighted by atomic mass is 9.73. The highest BCUT2D eigenvalue weighted by Crippen LogP contribution is 2.55. The Hall–Kier alpha value is -2.00. The molecule has 0 bridgehead atoms. The van der Waals surface area contributed by atoms with E-state index in [2.05, 4.69) is 73.1 Å². The lowest BCUT2D eigenvalue weighted by Crippen LogP contribution is -2.17. The minimum Gasteiger partial charge on any atom is -0.454 e. The zero-order chi connectivity index (χ0) is 18.1. The van der Waals surface area contributed by atoms with E-state index >= 15 is 0 Å². The summed E-state index contributed by atoms with van der Waals surface area (Å²) in [4.78, 5) is 0. The summed E-state index contributed by atoms with van der Waals surface area (Å²) in [6, 6.07) is 10.9. The van der Waals surface area contributed by atoms with Crippen molar-refractivity contribution in [1.29, 1.82) is 0 Å². The Morgan fingerprint density at radius 1 is 1.08 bits per heavy atom. The Morgan fingerprint density at radius 3 is 2.69 bits per heavy atom. The van der Waals surface area contributed by atoms with Gasteiger partial charge in [-0.1, -0.05) is 55.3 Å². The fourth-order valence-corrected chi connectivity index (χ4v) is 5.40. The number of benzene rings is 2. The van der Waals surface area contributed by atoms with E-state index < -0.39 is 0 Å². The van der Waals surface area contributed by atoms with E-state index in [0.717, 1.165) is 28.8 Å². The van der Waals surface area contributed by atoms with Crippen LogP contribution in [0.2, 0.25) is 0 Å². The van der Waals surface area contributed by atoms with E-state index in [0.29, 0.717) is 6.79 Å². The third-order valence-electron chi connectivity index (χ3n) is 6.04. The lowest BCUT2D eigenvalue weighted by Gasteiger charge is -2.30. The van der Waals surface area contributed by atoms with Crippen LogP contribution in [0.1, 0.15) is 43.0 Å². The molecule has 1 heterocycles. The third kappa shape index (κ3) is 2.16. The molecule has 0 atom stereocenters. The smallest absolute Gasteiger partial charge is 0.231 e. The van der Waals surface area contributed by atoms with Gasteiger partial charge >= 0.3 is 0 Å². The first-order chi connectivity index (χ1) is 12.5. The number of halogens is 1. The molecular formula is C23H21BrO2. The molecule has 0 spiro atoms. The number of hydrogen-bond donors (Lipinski definition) is 0. The highest BCUT2D eigenvalue weighted by atomic mass is 79.9. The van der Waals surface area contributed by atoms with Gasteiger partial charge in [0.25, 0.3) is 0 Å². The van der Waals surface area contributed by atoms with Gasteiger partial charge in [0, 0.05) is 5.41 Å². The molecule has 0 saturated carbocycles. The van der Waals surface area contributed by atoms with Crippen LogP contribution in [0.4, 0.5) is 0 Å². The van der Waals surface area contributed by atoms with Gasteiger partial charge in [-0.2, -0.15) is 0 Å². The molecule has 0 fully saturated rings. The zero-order valence-electron chi connectivity index (χ0n) is 15.3. The van der Waals surface area contributed by atoms with Gasteiger partial charge in [0.05, 0.1) is 4.47 Å². The van der Waals surface area contributed by atoms with Crippen LogP contribution >= 0.6 is 15.9 Å². The molecule has 2 aliphatic carbocycles. The molecule has 0 N–H and O–H groups in total. The number of allylic oxidation sites excluding steroid dienone is 3. The fourth-order valence-electron chi connectivity index (χ4n) is 4.73. The average Bonchev–Trinajstić information content (AvgIpc) is 3.31. The van der Waals surface area contributed by atoms with Gasteiger partial charge in [-0.05, 0) is 69.6 Å². The summed E-state index contributed by atoms with van der Waals surface area (Å²) < 4.78 is 12.4. The molecular weight excluding hydrogens is 388 g/mol. The number of rotatable bonds is 2. The minimum atomic E-state index is -0.0263. The van der Waals surface area contributed by atoms with Crippen molar-refractivity contribution < 1.29 is 9.47 Å². The Labute approximate surface area is 162 Å². The molecule has 3 heteroatoms. The first-order valence-electron chi connectivity index (χ1n) is 9.07. The predicted molar refractivity (Wildman–Crippen MR) is 108 cm³/mol. The molecule has 0 radical (unpaired) electrons. The quantitative estimate of drug-likeness (QED) is 0.590. The molecule has 0 saturated heterocycles. The Bertz CT molecular complexity index is 1010. The van der Waals surface area contributed by atoms with Crippen molar-refractivity contribution in [3.63, 3.8) is 0 Å². The molecule has 132 valence electrons. The van der Waals surface area contributed by atoms with Crippen LogP contribution in [0, 0.1) is 5.41 Å². The summed E-state index contributed by atoms with van der Waals surface area (Å²) in [6.07, 6.45) is 4.38. The van der Waals surface area contributed by atoms with E-state index in [1.54, 1.807) is 0 Å². The summed E-state index contributed by atoms with van der Waals surface area (Å²) >= 11 is 3.77. The number of fused-ring (bicyclic) bond motifs is 3. The Kier molecular flexibility index (Phi) is 3.42. The zero-order valence-corrected chi connectivity index (χ0v) is 16.9. The summed E-state index contributed by atoms with van der Waals surface area (Å²) in [7, 11) is 0. The number of ether oxygens (including phenoxy) is 2. The van der Waals surface area contributed by atoms with Crippen LogP contribution in [-0.4, -0.2) is 6.79 Å². The van der Waals surface area contributed by atoms with Gasteiger partial charge in [-0.25, -0.2) is 0 Å². The maximum atomic E-state index is 5.69. The van der Waals surface area contributed by atoms with E-state index in [9.17, 15) is 0 Å². The maximum absolute atomic E-state index is 5.69.